The Labute approximate surface area is 61.5 Å². The molecule has 0 amide bonds. The molecule has 0 aromatic heterocycles. The summed E-state index contributed by atoms with van der Waals surface area (Å²) in [6, 6.07) is 0. The number of rotatable bonds is 1. The molecule has 0 bridgehead atoms. The molecule has 0 aliphatic heterocycles. The van der Waals surface area contributed by atoms with Gasteiger partial charge in [-0.2, -0.15) is 5.10 Å². The van der Waals surface area contributed by atoms with Gasteiger partial charge in [0.25, 0.3) is 0 Å². The first-order chi connectivity index (χ1) is 4.79. The SMILES string of the molecule is CN(C)N=C1[C]=CC=CC1. The predicted octanol–water partition coefficient (Wildman–Crippen LogP) is 1.22. The lowest BCUT2D eigenvalue weighted by Gasteiger charge is -2.06. The maximum absolute atomic E-state index is 4.19. The Bertz CT molecular complexity index is 187. The van der Waals surface area contributed by atoms with Gasteiger partial charge in [0.15, 0.2) is 0 Å². The fourth-order valence-corrected chi connectivity index (χ4v) is 0.762. The first kappa shape index (κ1) is 7.06. The van der Waals surface area contributed by atoms with Crippen molar-refractivity contribution in [1.29, 1.82) is 0 Å². The second-order valence-electron chi connectivity index (χ2n) is 2.34. The Hall–Kier alpha value is -1.05. The molecule has 0 N–H and O–H groups in total. The highest BCUT2D eigenvalue weighted by Gasteiger charge is 1.95. The second kappa shape index (κ2) is 3.20. The summed E-state index contributed by atoms with van der Waals surface area (Å²) in [6.45, 7) is 0. The third kappa shape index (κ3) is 2.05. The van der Waals surface area contributed by atoms with Crippen LogP contribution in [0.5, 0.6) is 0 Å². The first-order valence-electron chi connectivity index (χ1n) is 3.29. The van der Waals surface area contributed by atoms with E-state index in [2.05, 4.69) is 17.3 Å². The van der Waals surface area contributed by atoms with E-state index in [1.165, 1.54) is 0 Å². The third-order valence-corrected chi connectivity index (χ3v) is 1.11. The van der Waals surface area contributed by atoms with Gasteiger partial charge in [-0.15, -0.1) is 0 Å². The minimum absolute atomic E-state index is 0.898. The quantitative estimate of drug-likeness (QED) is 0.494. The number of hydrazone groups is 1. The van der Waals surface area contributed by atoms with Gasteiger partial charge < -0.3 is 5.01 Å². The summed E-state index contributed by atoms with van der Waals surface area (Å²) in [5, 5.41) is 5.98. The van der Waals surface area contributed by atoms with E-state index in [1.807, 2.05) is 26.2 Å². The lowest BCUT2D eigenvalue weighted by molar-refractivity contribution is 0.437. The third-order valence-electron chi connectivity index (χ3n) is 1.11. The van der Waals surface area contributed by atoms with Crippen LogP contribution >= 0.6 is 0 Å². The predicted molar refractivity (Wildman–Crippen MR) is 42.7 cm³/mol. The average molecular weight is 135 g/mol. The Morgan fingerprint density at radius 1 is 1.60 bits per heavy atom. The minimum atomic E-state index is 0.898. The highest BCUT2D eigenvalue weighted by molar-refractivity contribution is 5.93. The molecule has 1 aliphatic carbocycles. The van der Waals surface area contributed by atoms with Crippen molar-refractivity contribution in [3.8, 4) is 0 Å². The van der Waals surface area contributed by atoms with Gasteiger partial charge >= 0.3 is 0 Å². The molecule has 10 heavy (non-hydrogen) atoms. The van der Waals surface area contributed by atoms with Crippen molar-refractivity contribution in [2.24, 2.45) is 5.10 Å². The molecule has 0 fully saturated rings. The summed E-state index contributed by atoms with van der Waals surface area (Å²) in [4.78, 5) is 0. The Kier molecular flexibility index (Phi) is 2.26. The smallest absolute Gasteiger partial charge is 0.0721 e. The minimum Gasteiger partial charge on any atom is -0.303 e. The zero-order chi connectivity index (χ0) is 7.40. The first-order valence-corrected chi connectivity index (χ1v) is 3.29. The van der Waals surface area contributed by atoms with Crippen LogP contribution in [0.4, 0.5) is 0 Å². The largest absolute Gasteiger partial charge is 0.303 e. The van der Waals surface area contributed by atoms with E-state index >= 15 is 0 Å². The maximum Gasteiger partial charge on any atom is 0.0721 e. The molecule has 0 aromatic carbocycles. The van der Waals surface area contributed by atoms with Crippen molar-refractivity contribution in [3.63, 3.8) is 0 Å². The van der Waals surface area contributed by atoms with E-state index in [0.717, 1.165) is 12.1 Å². The summed E-state index contributed by atoms with van der Waals surface area (Å²) in [5.41, 5.74) is 0.993. The van der Waals surface area contributed by atoms with Crippen LogP contribution < -0.4 is 0 Å². The van der Waals surface area contributed by atoms with E-state index in [9.17, 15) is 0 Å². The molecule has 1 rings (SSSR count). The molecule has 0 heterocycles. The Balaban J connectivity index is 2.58. The van der Waals surface area contributed by atoms with Gasteiger partial charge in [0, 0.05) is 26.6 Å². The molecule has 0 atom stereocenters. The Morgan fingerprint density at radius 3 is 2.90 bits per heavy atom. The molecular formula is C8H11N2. The van der Waals surface area contributed by atoms with Crippen molar-refractivity contribution < 1.29 is 0 Å². The van der Waals surface area contributed by atoms with Crippen molar-refractivity contribution in [2.75, 3.05) is 14.1 Å². The van der Waals surface area contributed by atoms with Crippen LogP contribution in [0.3, 0.4) is 0 Å². The van der Waals surface area contributed by atoms with E-state index in [4.69, 9.17) is 0 Å². The van der Waals surface area contributed by atoms with Crippen molar-refractivity contribution in [1.82, 2.24) is 5.01 Å². The molecule has 1 radical (unpaired) electrons. The van der Waals surface area contributed by atoms with Crippen molar-refractivity contribution >= 4 is 5.71 Å². The highest BCUT2D eigenvalue weighted by atomic mass is 15.4. The Morgan fingerprint density at radius 2 is 2.40 bits per heavy atom. The molecule has 0 saturated heterocycles. The molecule has 2 heteroatoms. The van der Waals surface area contributed by atoms with Gasteiger partial charge in [0.05, 0.1) is 5.71 Å². The second-order valence-corrected chi connectivity index (χ2v) is 2.34. The van der Waals surface area contributed by atoms with Crippen LogP contribution in [0.1, 0.15) is 6.42 Å². The number of hydrogen-bond acceptors (Lipinski definition) is 2. The average Bonchev–Trinajstić information content (AvgIpc) is 1.88. The fourth-order valence-electron chi connectivity index (χ4n) is 0.762. The maximum atomic E-state index is 4.19. The van der Waals surface area contributed by atoms with Crippen LogP contribution in [-0.2, 0) is 0 Å². The van der Waals surface area contributed by atoms with Gasteiger partial charge in [-0.25, -0.2) is 0 Å². The van der Waals surface area contributed by atoms with Gasteiger partial charge in [0.2, 0.25) is 0 Å². The summed E-state index contributed by atoms with van der Waals surface area (Å²) in [7, 11) is 3.82. The lowest BCUT2D eigenvalue weighted by atomic mass is 10.2. The van der Waals surface area contributed by atoms with Crippen LogP contribution in [-0.4, -0.2) is 24.8 Å². The molecule has 2 nitrogen and oxygen atoms in total. The van der Waals surface area contributed by atoms with Crippen molar-refractivity contribution in [3.05, 3.63) is 24.3 Å². The molecule has 53 valence electrons. The molecule has 0 unspecified atom stereocenters. The molecule has 0 saturated carbocycles. The number of nitrogens with zero attached hydrogens (tertiary/aromatic N) is 2. The van der Waals surface area contributed by atoms with Crippen LogP contribution in [0.25, 0.3) is 0 Å². The lowest BCUT2D eigenvalue weighted by Crippen LogP contribution is -2.07. The van der Waals surface area contributed by atoms with Crippen LogP contribution in [0, 0.1) is 6.08 Å². The van der Waals surface area contributed by atoms with Gasteiger partial charge in [-0.1, -0.05) is 18.2 Å². The number of allylic oxidation sites excluding steroid dienone is 4. The summed E-state index contributed by atoms with van der Waals surface area (Å²) < 4.78 is 0. The van der Waals surface area contributed by atoms with Gasteiger partial charge in [0.1, 0.15) is 0 Å². The van der Waals surface area contributed by atoms with E-state index < -0.39 is 0 Å². The normalized spacial score (nSPS) is 20.0. The van der Waals surface area contributed by atoms with Crippen LogP contribution in [0.2, 0.25) is 0 Å². The van der Waals surface area contributed by atoms with Crippen molar-refractivity contribution in [2.45, 2.75) is 6.42 Å². The standard InChI is InChI=1S/C8H11N2/c1-10(2)9-8-6-4-3-5-7-8/h3-5H,6H2,1-2H3. The van der Waals surface area contributed by atoms with E-state index in [0.29, 0.717) is 0 Å². The van der Waals surface area contributed by atoms with E-state index in [1.54, 1.807) is 5.01 Å². The van der Waals surface area contributed by atoms with Gasteiger partial charge in [-0.3, -0.25) is 0 Å². The number of hydrogen-bond donors (Lipinski definition) is 0. The van der Waals surface area contributed by atoms with E-state index in [-0.39, 0.29) is 0 Å². The summed E-state index contributed by atoms with van der Waals surface area (Å²) in [5.74, 6) is 0. The molecule has 0 spiro atoms. The zero-order valence-electron chi connectivity index (χ0n) is 6.33. The molecule has 0 aromatic rings. The monoisotopic (exact) mass is 135 g/mol. The molecular weight excluding hydrogens is 124 g/mol. The highest BCUT2D eigenvalue weighted by Crippen LogP contribution is 1.98. The summed E-state index contributed by atoms with van der Waals surface area (Å²) in [6.07, 6.45) is 9.87. The molecule has 1 aliphatic rings. The van der Waals surface area contributed by atoms with Gasteiger partial charge in [-0.05, 0) is 0 Å². The zero-order valence-corrected chi connectivity index (χ0v) is 6.33. The summed E-state index contributed by atoms with van der Waals surface area (Å²) >= 11 is 0. The topological polar surface area (TPSA) is 15.6 Å². The van der Waals surface area contributed by atoms with Crippen LogP contribution in [0.15, 0.2) is 23.3 Å². The fraction of sp³-hybridized carbons (Fsp3) is 0.375.